The second-order valence-corrected chi connectivity index (χ2v) is 4.82. The number of hydrogen-bond donors (Lipinski definition) is 2. The fourth-order valence-corrected chi connectivity index (χ4v) is 2.09. The molecule has 0 saturated heterocycles. The predicted molar refractivity (Wildman–Crippen MR) is 79.5 cm³/mol. The van der Waals surface area contributed by atoms with Crippen molar-refractivity contribution in [1.82, 2.24) is 15.0 Å². The number of benzene rings is 1. The highest BCUT2D eigenvalue weighted by Crippen LogP contribution is 2.12. The number of para-hydroxylation sites is 1. The molecule has 23 heavy (non-hydrogen) atoms. The lowest BCUT2D eigenvalue weighted by Crippen LogP contribution is -2.13. The first-order valence-corrected chi connectivity index (χ1v) is 7.13. The number of aliphatic carboxylic acids is 1. The van der Waals surface area contributed by atoms with Crippen molar-refractivity contribution in [2.45, 2.75) is 25.8 Å². The first-order valence-electron chi connectivity index (χ1n) is 7.13. The second kappa shape index (κ2) is 7.92. The van der Waals surface area contributed by atoms with Crippen LogP contribution in [0.2, 0.25) is 0 Å². The van der Waals surface area contributed by atoms with Gasteiger partial charge in [-0.3, -0.25) is 4.79 Å². The molecule has 2 aromatic rings. The fourth-order valence-electron chi connectivity index (χ4n) is 2.09. The van der Waals surface area contributed by atoms with Crippen molar-refractivity contribution in [3.63, 3.8) is 0 Å². The lowest BCUT2D eigenvalue weighted by molar-refractivity contribution is -0.137. The Hall–Kier alpha value is -2.90. The maximum atomic E-state index is 11.2. The number of carboxylic acid groups (broad SMARTS) is 2. The van der Waals surface area contributed by atoms with Gasteiger partial charge in [0.2, 0.25) is 0 Å². The second-order valence-electron chi connectivity index (χ2n) is 4.82. The van der Waals surface area contributed by atoms with Gasteiger partial charge < -0.3 is 14.9 Å². The van der Waals surface area contributed by atoms with Gasteiger partial charge in [-0.2, -0.15) is 0 Å². The molecule has 1 aromatic carbocycles. The van der Waals surface area contributed by atoms with E-state index in [4.69, 9.17) is 14.9 Å². The van der Waals surface area contributed by atoms with Crippen LogP contribution in [0, 0.1) is 0 Å². The molecule has 0 bridgehead atoms. The van der Waals surface area contributed by atoms with Crippen LogP contribution in [-0.2, 0) is 17.8 Å². The summed E-state index contributed by atoms with van der Waals surface area (Å²) < 4.78 is 6.99. The standard InChI is InChI=1S/C15H17N3O5/c19-13(20)7-4-9-18-12(14(15(21)22)16-17-18)8-10-23-11-5-2-1-3-6-11/h1-3,5-6H,4,7-10H2,(H,19,20)(H,21,22). The number of nitrogens with zero attached hydrogens (tertiary/aromatic N) is 3. The first-order chi connectivity index (χ1) is 11.1. The van der Waals surface area contributed by atoms with Crippen LogP contribution >= 0.6 is 0 Å². The van der Waals surface area contributed by atoms with Gasteiger partial charge in [-0.1, -0.05) is 23.4 Å². The first kappa shape index (κ1) is 16.5. The minimum absolute atomic E-state index is 0.0117. The Morgan fingerprint density at radius 1 is 1.17 bits per heavy atom. The maximum absolute atomic E-state index is 11.2. The van der Waals surface area contributed by atoms with E-state index < -0.39 is 11.9 Å². The summed E-state index contributed by atoms with van der Waals surface area (Å²) in [4.78, 5) is 21.8. The zero-order valence-electron chi connectivity index (χ0n) is 12.4. The largest absolute Gasteiger partial charge is 0.493 e. The molecule has 1 aromatic heterocycles. The Bertz CT molecular complexity index is 669. The Kier molecular flexibility index (Phi) is 5.67. The van der Waals surface area contributed by atoms with Crippen LogP contribution in [0.15, 0.2) is 30.3 Å². The molecular formula is C15H17N3O5. The molecule has 122 valence electrons. The van der Waals surface area contributed by atoms with Crippen LogP contribution < -0.4 is 4.74 Å². The third-order valence-corrected chi connectivity index (χ3v) is 3.15. The molecule has 8 heteroatoms. The zero-order valence-corrected chi connectivity index (χ0v) is 12.4. The van der Waals surface area contributed by atoms with Crippen LogP contribution in [0.3, 0.4) is 0 Å². The Morgan fingerprint density at radius 2 is 1.91 bits per heavy atom. The fraction of sp³-hybridized carbons (Fsp3) is 0.333. The molecule has 0 fully saturated rings. The number of hydrogen-bond acceptors (Lipinski definition) is 5. The molecule has 0 atom stereocenters. The van der Waals surface area contributed by atoms with Gasteiger partial charge in [-0.25, -0.2) is 9.48 Å². The van der Waals surface area contributed by atoms with E-state index in [0.29, 0.717) is 30.8 Å². The summed E-state index contributed by atoms with van der Waals surface area (Å²) in [7, 11) is 0. The predicted octanol–water partition coefficient (Wildman–Crippen LogP) is 1.46. The summed E-state index contributed by atoms with van der Waals surface area (Å²) in [6.45, 7) is 0.573. The van der Waals surface area contributed by atoms with Crippen LogP contribution in [0.1, 0.15) is 29.0 Å². The Morgan fingerprint density at radius 3 is 2.57 bits per heavy atom. The molecule has 1 heterocycles. The maximum Gasteiger partial charge on any atom is 0.358 e. The summed E-state index contributed by atoms with van der Waals surface area (Å²) in [6, 6.07) is 9.17. The quantitative estimate of drug-likeness (QED) is 0.719. The van der Waals surface area contributed by atoms with Gasteiger partial charge in [0.25, 0.3) is 0 Å². The number of aromatic carboxylic acids is 1. The molecule has 0 unspecified atom stereocenters. The molecule has 0 saturated carbocycles. The molecule has 0 spiro atoms. The van der Waals surface area contributed by atoms with Gasteiger partial charge in [0, 0.05) is 19.4 Å². The molecule has 2 rings (SSSR count). The van der Waals surface area contributed by atoms with E-state index in [1.165, 1.54) is 4.68 Å². The van der Waals surface area contributed by atoms with E-state index in [9.17, 15) is 9.59 Å². The monoisotopic (exact) mass is 319 g/mol. The smallest absolute Gasteiger partial charge is 0.358 e. The third kappa shape index (κ3) is 4.80. The molecule has 0 aliphatic rings. The van der Waals surface area contributed by atoms with E-state index in [2.05, 4.69) is 10.3 Å². The van der Waals surface area contributed by atoms with Crippen molar-refractivity contribution in [2.24, 2.45) is 0 Å². The minimum atomic E-state index is -1.16. The highest BCUT2D eigenvalue weighted by molar-refractivity contribution is 5.86. The average molecular weight is 319 g/mol. The van der Waals surface area contributed by atoms with E-state index in [0.717, 1.165) is 0 Å². The number of aromatic nitrogens is 3. The Balaban J connectivity index is 2.00. The van der Waals surface area contributed by atoms with Gasteiger partial charge in [-0.15, -0.1) is 5.10 Å². The Labute approximate surface area is 132 Å². The molecule has 0 aliphatic heterocycles. The highest BCUT2D eigenvalue weighted by atomic mass is 16.5. The normalized spacial score (nSPS) is 10.4. The average Bonchev–Trinajstić information content (AvgIpc) is 2.91. The summed E-state index contributed by atoms with van der Waals surface area (Å²) in [5.74, 6) is -1.38. The summed E-state index contributed by atoms with van der Waals surface area (Å²) >= 11 is 0. The SMILES string of the molecule is O=C(O)CCCn1nnc(C(=O)O)c1CCOc1ccccc1. The van der Waals surface area contributed by atoms with Crippen LogP contribution in [-0.4, -0.2) is 43.8 Å². The number of carbonyl (C=O) groups is 2. The number of carboxylic acids is 2. The molecule has 2 N–H and O–H groups in total. The summed E-state index contributed by atoms with van der Waals surface area (Å²) in [5, 5.41) is 25.3. The number of ether oxygens (including phenoxy) is 1. The summed E-state index contributed by atoms with van der Waals surface area (Å²) in [5.41, 5.74) is 0.302. The van der Waals surface area contributed by atoms with Crippen molar-refractivity contribution in [3.8, 4) is 5.75 Å². The van der Waals surface area contributed by atoms with Crippen molar-refractivity contribution in [1.29, 1.82) is 0 Å². The summed E-state index contributed by atoms with van der Waals surface area (Å²) in [6.07, 6.45) is 0.656. The minimum Gasteiger partial charge on any atom is -0.493 e. The van der Waals surface area contributed by atoms with Gasteiger partial charge in [0.1, 0.15) is 5.75 Å². The number of aryl methyl sites for hydroxylation is 1. The lowest BCUT2D eigenvalue weighted by Gasteiger charge is -2.08. The van der Waals surface area contributed by atoms with Crippen LogP contribution in [0.25, 0.3) is 0 Å². The lowest BCUT2D eigenvalue weighted by atomic mass is 10.2. The van der Waals surface area contributed by atoms with Gasteiger partial charge in [-0.05, 0) is 18.6 Å². The molecule has 0 aliphatic carbocycles. The number of rotatable bonds is 9. The van der Waals surface area contributed by atoms with E-state index in [1.54, 1.807) is 12.1 Å². The van der Waals surface area contributed by atoms with Crippen molar-refractivity contribution in [3.05, 3.63) is 41.7 Å². The van der Waals surface area contributed by atoms with Crippen molar-refractivity contribution < 1.29 is 24.5 Å². The third-order valence-electron chi connectivity index (χ3n) is 3.15. The highest BCUT2D eigenvalue weighted by Gasteiger charge is 2.18. The zero-order chi connectivity index (χ0) is 16.7. The van der Waals surface area contributed by atoms with Crippen LogP contribution in [0.5, 0.6) is 5.75 Å². The van der Waals surface area contributed by atoms with Crippen LogP contribution in [0.4, 0.5) is 0 Å². The van der Waals surface area contributed by atoms with Gasteiger partial charge in [0.15, 0.2) is 5.69 Å². The van der Waals surface area contributed by atoms with E-state index in [-0.39, 0.29) is 18.7 Å². The molecule has 0 radical (unpaired) electrons. The van der Waals surface area contributed by atoms with E-state index >= 15 is 0 Å². The van der Waals surface area contributed by atoms with E-state index in [1.807, 2.05) is 18.2 Å². The molecule has 0 amide bonds. The van der Waals surface area contributed by atoms with Gasteiger partial charge in [0.05, 0.1) is 12.3 Å². The van der Waals surface area contributed by atoms with Crippen molar-refractivity contribution >= 4 is 11.9 Å². The molecular weight excluding hydrogens is 302 g/mol. The van der Waals surface area contributed by atoms with Crippen molar-refractivity contribution in [2.75, 3.05) is 6.61 Å². The molecule has 8 nitrogen and oxygen atoms in total. The topological polar surface area (TPSA) is 115 Å². The van der Waals surface area contributed by atoms with Gasteiger partial charge >= 0.3 is 11.9 Å².